The fourth-order valence-corrected chi connectivity index (χ4v) is 7.38. The van der Waals surface area contributed by atoms with Crippen LogP contribution in [0.15, 0.2) is 18.2 Å². The van der Waals surface area contributed by atoms with Crippen LogP contribution in [0.25, 0.3) is 0 Å². The minimum Gasteiger partial charge on any atom is -0.486 e. The molecule has 0 N–H and O–H groups in total. The maximum atomic E-state index is 13.1. The Labute approximate surface area is 238 Å². The Hall–Kier alpha value is -2.02. The molecule has 1 aromatic carbocycles. The van der Waals surface area contributed by atoms with Gasteiger partial charge in [0.05, 0.1) is 12.7 Å². The van der Waals surface area contributed by atoms with Crippen LogP contribution in [-0.2, 0) is 20.7 Å². The van der Waals surface area contributed by atoms with Crippen LogP contribution < -0.4 is 4.74 Å². The Morgan fingerprint density at radius 3 is 2.21 bits per heavy atom. The van der Waals surface area contributed by atoms with E-state index in [4.69, 9.17) is 9.47 Å². The van der Waals surface area contributed by atoms with Crippen LogP contribution in [0.2, 0.25) is 0 Å². The lowest BCUT2D eigenvalue weighted by atomic mass is 9.55. The van der Waals surface area contributed by atoms with Crippen LogP contribution in [0, 0.1) is 17.3 Å². The second kappa shape index (κ2) is 11.8. The van der Waals surface area contributed by atoms with E-state index in [-0.39, 0.29) is 36.4 Å². The Morgan fingerprint density at radius 2 is 1.60 bits per heavy atom. The minimum absolute atomic E-state index is 0.0157. The number of carbonyl (C=O) groups excluding carboxylic acids is 1. The number of carbonyl (C=O) groups is 1. The van der Waals surface area contributed by atoms with Crippen LogP contribution in [0.5, 0.6) is 5.75 Å². The third-order valence-electron chi connectivity index (χ3n) is 9.53. The molecule has 3 aliphatic carbocycles. The second-order valence-corrected chi connectivity index (χ2v) is 11.8. The summed E-state index contributed by atoms with van der Waals surface area (Å²) in [4.78, 5) is 11.6. The Kier molecular flexibility index (Phi) is 9.25. The average Bonchev–Trinajstić information content (AvgIpc) is 3.22. The van der Waals surface area contributed by atoms with Crippen molar-refractivity contribution in [3.63, 3.8) is 0 Å². The molecular formula is C29H35F9O4. The summed E-state index contributed by atoms with van der Waals surface area (Å²) in [5, 5.41) is 0. The molecule has 13 heteroatoms. The minimum atomic E-state index is -6.74. The molecule has 0 aromatic heterocycles. The molecule has 0 saturated heterocycles. The molecule has 0 radical (unpaired) electrons. The number of ketones is 1. The van der Waals surface area contributed by atoms with Crippen molar-refractivity contribution in [2.45, 2.75) is 101 Å². The lowest BCUT2D eigenvalue weighted by Gasteiger charge is -2.50. The van der Waals surface area contributed by atoms with E-state index in [2.05, 4.69) is 17.7 Å². The first-order valence-electron chi connectivity index (χ1n) is 14.2. The predicted octanol–water partition coefficient (Wildman–Crippen LogP) is 8.12. The molecule has 42 heavy (non-hydrogen) atoms. The van der Waals surface area contributed by atoms with E-state index in [0.29, 0.717) is 30.4 Å². The summed E-state index contributed by atoms with van der Waals surface area (Å²) < 4.78 is 133. The molecule has 1 aromatic rings. The average molecular weight is 619 g/mol. The van der Waals surface area contributed by atoms with Gasteiger partial charge in [-0.1, -0.05) is 19.9 Å². The highest BCUT2D eigenvalue weighted by Gasteiger charge is 2.85. The molecule has 0 heterocycles. The van der Waals surface area contributed by atoms with E-state index < -0.39 is 37.2 Å². The summed E-state index contributed by atoms with van der Waals surface area (Å²) in [6.07, 6.45) is -15.8. The van der Waals surface area contributed by atoms with Crippen molar-refractivity contribution in [1.29, 1.82) is 0 Å². The highest BCUT2D eigenvalue weighted by atomic mass is 19.4. The summed E-state index contributed by atoms with van der Waals surface area (Å²) in [5.74, 6) is 1.66. The van der Waals surface area contributed by atoms with Crippen molar-refractivity contribution in [2.75, 3.05) is 19.8 Å². The molecule has 0 aliphatic heterocycles. The number of rotatable bonds is 10. The smallest absolute Gasteiger partial charge is 0.435 e. The number of ether oxygens (including phenoxy) is 3. The molecule has 5 atom stereocenters. The van der Waals surface area contributed by atoms with Gasteiger partial charge in [-0.2, -0.15) is 39.5 Å². The van der Waals surface area contributed by atoms with Crippen molar-refractivity contribution in [3.05, 3.63) is 29.3 Å². The number of hydrogen-bond donors (Lipinski definition) is 0. The van der Waals surface area contributed by atoms with Crippen molar-refractivity contribution < 1.29 is 58.5 Å². The van der Waals surface area contributed by atoms with E-state index in [1.54, 1.807) is 6.92 Å². The van der Waals surface area contributed by atoms with Crippen molar-refractivity contribution >= 4 is 5.78 Å². The number of alkyl halides is 9. The van der Waals surface area contributed by atoms with E-state index in [1.807, 2.05) is 12.1 Å². The van der Waals surface area contributed by atoms with E-state index in [9.17, 15) is 44.3 Å². The number of Topliss-reactive ketones (excluding diaryl/α,β-unsaturated/α-hetero) is 1. The molecule has 4 nitrogen and oxygen atoms in total. The highest BCUT2D eigenvalue weighted by Crippen LogP contribution is 2.62. The quantitative estimate of drug-likeness (QED) is 0.196. The standard InChI is InChI=1S/C29H35F9O4/c1-3-18(39)16-41-19-6-8-20-17(15-19)5-7-22-21(20)11-12-25(2)23(22)9-10-24(25)40-13-4-14-42-26(27(30,31)32,28(33,34)35)29(36,37)38/h6,8,15,21-24H,3-5,7,9-14,16H2,1-2H3/t21-,22-,23+,24+,25+/m1/s1. The number of fused-ring (bicyclic) bond motifs is 5. The summed E-state index contributed by atoms with van der Waals surface area (Å²) in [6, 6.07) is 5.94. The third kappa shape index (κ3) is 5.88. The van der Waals surface area contributed by atoms with Gasteiger partial charge in [0.25, 0.3) is 0 Å². The summed E-state index contributed by atoms with van der Waals surface area (Å²) >= 11 is 0. The molecule has 0 bridgehead atoms. The van der Waals surface area contributed by atoms with Gasteiger partial charge in [-0.3, -0.25) is 4.79 Å². The lowest BCUT2D eigenvalue weighted by molar-refractivity contribution is -0.457. The number of hydrogen-bond acceptors (Lipinski definition) is 4. The topological polar surface area (TPSA) is 44.8 Å². The molecular weight excluding hydrogens is 583 g/mol. The zero-order chi connectivity index (χ0) is 31.1. The predicted molar refractivity (Wildman–Crippen MR) is 133 cm³/mol. The van der Waals surface area contributed by atoms with Gasteiger partial charge in [0.1, 0.15) is 12.4 Å². The second-order valence-electron chi connectivity index (χ2n) is 11.8. The molecule has 0 amide bonds. The zero-order valence-corrected chi connectivity index (χ0v) is 23.4. The number of aryl methyl sites for hydroxylation is 1. The molecule has 0 unspecified atom stereocenters. The Bertz CT molecular complexity index is 1080. The number of benzene rings is 1. The van der Waals surface area contributed by atoms with Gasteiger partial charge in [-0.25, -0.2) is 0 Å². The Balaban J connectivity index is 1.35. The van der Waals surface area contributed by atoms with Gasteiger partial charge < -0.3 is 14.2 Å². The number of halogens is 9. The van der Waals surface area contributed by atoms with E-state index in [1.165, 1.54) is 11.1 Å². The fourth-order valence-electron chi connectivity index (χ4n) is 7.38. The SMILES string of the molecule is CCC(=O)COc1ccc2c(c1)CC[C@@H]1[C@@H]2CC[C@]2(C)[C@@H](OCCCOC(C(F)(F)F)(C(F)(F)F)C(F)(F)F)CC[C@@H]12. The van der Waals surface area contributed by atoms with Crippen LogP contribution >= 0.6 is 0 Å². The van der Waals surface area contributed by atoms with Crippen molar-refractivity contribution in [3.8, 4) is 5.75 Å². The van der Waals surface area contributed by atoms with Gasteiger partial charge >= 0.3 is 24.1 Å². The first-order chi connectivity index (χ1) is 19.5. The van der Waals surface area contributed by atoms with Crippen LogP contribution in [0.3, 0.4) is 0 Å². The van der Waals surface area contributed by atoms with Crippen molar-refractivity contribution in [1.82, 2.24) is 0 Å². The molecule has 4 rings (SSSR count). The van der Waals surface area contributed by atoms with Gasteiger partial charge in [0.2, 0.25) is 0 Å². The first-order valence-corrected chi connectivity index (χ1v) is 14.2. The highest BCUT2D eigenvalue weighted by molar-refractivity contribution is 5.79. The maximum absolute atomic E-state index is 13.1. The molecule has 3 aliphatic rings. The first kappa shape index (κ1) is 32.9. The summed E-state index contributed by atoms with van der Waals surface area (Å²) in [7, 11) is 0. The van der Waals surface area contributed by atoms with Gasteiger partial charge in [0, 0.05) is 13.0 Å². The molecule has 2 saturated carbocycles. The normalized spacial score (nSPS) is 28.2. The fraction of sp³-hybridized carbons (Fsp3) is 0.759. The lowest BCUT2D eigenvalue weighted by Crippen LogP contribution is -2.67. The largest absolute Gasteiger partial charge is 0.486 e. The van der Waals surface area contributed by atoms with Crippen LogP contribution in [0.4, 0.5) is 39.5 Å². The van der Waals surface area contributed by atoms with Gasteiger partial charge in [-0.15, -0.1) is 0 Å². The zero-order valence-electron chi connectivity index (χ0n) is 23.4. The van der Waals surface area contributed by atoms with Crippen LogP contribution in [0.1, 0.15) is 75.8 Å². The Morgan fingerprint density at radius 1 is 0.929 bits per heavy atom. The van der Waals surface area contributed by atoms with Crippen LogP contribution in [-0.4, -0.2) is 55.8 Å². The monoisotopic (exact) mass is 618 g/mol. The van der Waals surface area contributed by atoms with E-state index in [0.717, 1.165) is 32.1 Å². The summed E-state index contributed by atoms with van der Waals surface area (Å²) in [6.45, 7) is 2.15. The maximum Gasteiger partial charge on any atom is 0.435 e. The van der Waals surface area contributed by atoms with E-state index >= 15 is 0 Å². The molecule has 0 spiro atoms. The van der Waals surface area contributed by atoms with Gasteiger partial charge in [-0.05, 0) is 91.4 Å². The summed E-state index contributed by atoms with van der Waals surface area (Å²) in [5.41, 5.74) is -4.07. The molecule has 238 valence electrons. The molecule has 2 fully saturated rings. The third-order valence-corrected chi connectivity index (χ3v) is 9.53. The van der Waals surface area contributed by atoms with Gasteiger partial charge in [0.15, 0.2) is 5.78 Å². The van der Waals surface area contributed by atoms with Crippen molar-refractivity contribution in [2.24, 2.45) is 17.3 Å².